The van der Waals surface area contributed by atoms with Crippen LogP contribution in [0.5, 0.6) is 0 Å². The number of benzene rings is 2. The zero-order valence-electron chi connectivity index (χ0n) is 16.7. The van der Waals surface area contributed by atoms with Crippen LogP contribution in [-0.2, 0) is 12.7 Å². The van der Waals surface area contributed by atoms with Crippen molar-refractivity contribution in [2.24, 2.45) is 0 Å². The van der Waals surface area contributed by atoms with Crippen LogP contribution in [0.2, 0.25) is 0 Å². The maximum absolute atomic E-state index is 12.9. The summed E-state index contributed by atoms with van der Waals surface area (Å²) in [5.74, 6) is 0.126. The van der Waals surface area contributed by atoms with Gasteiger partial charge in [-0.2, -0.15) is 18.2 Å². The first kappa shape index (κ1) is 21.4. The third-order valence-corrected chi connectivity index (χ3v) is 4.00. The lowest BCUT2D eigenvalue weighted by Crippen LogP contribution is -2.40. The van der Waals surface area contributed by atoms with Gasteiger partial charge in [-0.1, -0.05) is 17.3 Å². The van der Waals surface area contributed by atoms with Crippen molar-refractivity contribution in [3.8, 4) is 11.4 Å². The smallest absolute Gasteiger partial charge is 0.376 e. The van der Waals surface area contributed by atoms with Gasteiger partial charge in [0.05, 0.1) is 12.1 Å². The van der Waals surface area contributed by atoms with Crippen molar-refractivity contribution >= 4 is 11.6 Å². The average Bonchev–Trinajstić information content (AvgIpc) is 3.14. The zero-order valence-corrected chi connectivity index (χ0v) is 16.7. The van der Waals surface area contributed by atoms with Crippen LogP contribution in [0.3, 0.4) is 0 Å². The molecular weight excluding hydrogens is 397 g/mol. The Hall–Kier alpha value is -3.36. The fourth-order valence-corrected chi connectivity index (χ4v) is 2.61. The number of nitrogens with zero attached hydrogens (tertiary/aromatic N) is 2. The van der Waals surface area contributed by atoms with Crippen molar-refractivity contribution < 1.29 is 22.5 Å². The molecule has 9 heteroatoms. The predicted molar refractivity (Wildman–Crippen MR) is 106 cm³/mol. The molecule has 6 nitrogen and oxygen atoms in total. The predicted octanol–water partition coefficient (Wildman–Crippen LogP) is 4.90. The number of anilines is 1. The summed E-state index contributed by atoms with van der Waals surface area (Å²) in [5, 5.41) is 9.70. The third kappa shape index (κ3) is 5.59. The minimum absolute atomic E-state index is 0.0760. The highest BCUT2D eigenvalue weighted by Crippen LogP contribution is 2.31. The van der Waals surface area contributed by atoms with E-state index in [1.54, 1.807) is 24.3 Å². The Morgan fingerprint density at radius 2 is 1.77 bits per heavy atom. The third-order valence-electron chi connectivity index (χ3n) is 4.00. The second-order valence-electron chi connectivity index (χ2n) is 7.73. The molecule has 30 heavy (non-hydrogen) atoms. The van der Waals surface area contributed by atoms with E-state index in [2.05, 4.69) is 20.8 Å². The first-order valence-electron chi connectivity index (χ1n) is 9.18. The Morgan fingerprint density at radius 3 is 2.40 bits per heavy atom. The molecule has 0 fully saturated rings. The number of halogens is 3. The fraction of sp³-hybridized carbons (Fsp3) is 0.286. The Kier molecular flexibility index (Phi) is 5.82. The molecule has 2 N–H and O–H groups in total. The highest BCUT2D eigenvalue weighted by molar-refractivity contribution is 5.94. The van der Waals surface area contributed by atoms with Crippen molar-refractivity contribution in [3.63, 3.8) is 0 Å². The summed E-state index contributed by atoms with van der Waals surface area (Å²) in [7, 11) is 0. The molecule has 1 heterocycles. The molecule has 0 spiro atoms. The van der Waals surface area contributed by atoms with Gasteiger partial charge < -0.3 is 15.2 Å². The summed E-state index contributed by atoms with van der Waals surface area (Å²) in [6.07, 6.45) is -4.44. The molecule has 0 aliphatic carbocycles. The molecule has 1 aromatic heterocycles. The van der Waals surface area contributed by atoms with E-state index < -0.39 is 11.7 Å². The average molecular weight is 418 g/mol. The van der Waals surface area contributed by atoms with E-state index in [1.807, 2.05) is 20.8 Å². The molecule has 158 valence electrons. The molecular formula is C21H21F3N4O2. The normalized spacial score (nSPS) is 11.9. The number of hydrogen-bond acceptors (Lipinski definition) is 5. The van der Waals surface area contributed by atoms with Crippen molar-refractivity contribution in [2.45, 2.75) is 39.0 Å². The molecule has 0 radical (unpaired) electrons. The van der Waals surface area contributed by atoms with E-state index in [1.165, 1.54) is 12.1 Å². The standard InChI is InChI=1S/C21H21F3N4O2/c1-20(2,3)27-19(29)13-7-9-16(10-8-13)25-12-17-26-18(28-30-17)14-5-4-6-15(11-14)21(22,23)24/h4-11,25H,12H2,1-3H3,(H,27,29). The second kappa shape index (κ2) is 8.17. The largest absolute Gasteiger partial charge is 0.416 e. The van der Waals surface area contributed by atoms with Gasteiger partial charge >= 0.3 is 6.18 Å². The van der Waals surface area contributed by atoms with Gasteiger partial charge in [0.25, 0.3) is 5.91 Å². The van der Waals surface area contributed by atoms with E-state index in [0.29, 0.717) is 5.56 Å². The molecule has 0 unspecified atom stereocenters. The van der Waals surface area contributed by atoms with Crippen molar-refractivity contribution in [1.29, 1.82) is 0 Å². The number of hydrogen-bond donors (Lipinski definition) is 2. The number of aromatic nitrogens is 2. The summed E-state index contributed by atoms with van der Waals surface area (Å²) in [5.41, 5.74) is 0.360. The minimum atomic E-state index is -4.44. The van der Waals surface area contributed by atoms with Crippen LogP contribution in [0.15, 0.2) is 53.1 Å². The summed E-state index contributed by atoms with van der Waals surface area (Å²) < 4.78 is 43.7. The summed E-state index contributed by atoms with van der Waals surface area (Å²) >= 11 is 0. The molecule has 0 saturated carbocycles. The van der Waals surface area contributed by atoms with Gasteiger partial charge in [0.1, 0.15) is 0 Å². The van der Waals surface area contributed by atoms with Crippen molar-refractivity contribution in [3.05, 3.63) is 65.5 Å². The van der Waals surface area contributed by atoms with Crippen LogP contribution in [-0.4, -0.2) is 21.6 Å². The molecule has 0 aliphatic rings. The minimum Gasteiger partial charge on any atom is -0.376 e. The number of rotatable bonds is 5. The SMILES string of the molecule is CC(C)(C)NC(=O)c1ccc(NCc2nc(-c3cccc(C(F)(F)F)c3)no2)cc1. The van der Waals surface area contributed by atoms with E-state index in [9.17, 15) is 18.0 Å². The Labute approximate surface area is 171 Å². The number of carbonyl (C=O) groups excluding carboxylic acids is 1. The molecule has 3 rings (SSSR count). The molecule has 1 amide bonds. The van der Waals surface area contributed by atoms with Crippen LogP contribution in [0.4, 0.5) is 18.9 Å². The highest BCUT2D eigenvalue weighted by Gasteiger charge is 2.30. The number of nitrogens with one attached hydrogen (secondary N) is 2. The van der Waals surface area contributed by atoms with Crippen LogP contribution in [0.25, 0.3) is 11.4 Å². The van der Waals surface area contributed by atoms with E-state index in [4.69, 9.17) is 4.52 Å². The van der Waals surface area contributed by atoms with Crippen LogP contribution >= 0.6 is 0 Å². The molecule has 2 aromatic carbocycles. The maximum Gasteiger partial charge on any atom is 0.416 e. The van der Waals surface area contributed by atoms with Crippen molar-refractivity contribution in [2.75, 3.05) is 5.32 Å². The van der Waals surface area contributed by atoms with Gasteiger partial charge in [-0.3, -0.25) is 4.79 Å². The fourth-order valence-electron chi connectivity index (χ4n) is 2.61. The molecule has 0 bridgehead atoms. The van der Waals surface area contributed by atoms with Crippen molar-refractivity contribution in [1.82, 2.24) is 15.5 Å². The van der Waals surface area contributed by atoms with E-state index in [0.717, 1.165) is 17.8 Å². The van der Waals surface area contributed by atoms with Crippen LogP contribution in [0, 0.1) is 0 Å². The second-order valence-corrected chi connectivity index (χ2v) is 7.73. The highest BCUT2D eigenvalue weighted by atomic mass is 19.4. The van der Waals surface area contributed by atoms with E-state index in [-0.39, 0.29) is 35.3 Å². The van der Waals surface area contributed by atoms with Gasteiger partial charge in [-0.25, -0.2) is 0 Å². The topological polar surface area (TPSA) is 80.0 Å². The van der Waals surface area contributed by atoms with Gasteiger partial charge in [0.15, 0.2) is 0 Å². The monoisotopic (exact) mass is 418 g/mol. The van der Waals surface area contributed by atoms with Gasteiger partial charge in [-0.05, 0) is 57.2 Å². The first-order chi connectivity index (χ1) is 14.0. The lowest BCUT2D eigenvalue weighted by atomic mass is 10.1. The van der Waals surface area contributed by atoms with Gasteiger partial charge in [-0.15, -0.1) is 0 Å². The summed E-state index contributed by atoms with van der Waals surface area (Å²) in [4.78, 5) is 16.3. The Balaban J connectivity index is 1.63. The maximum atomic E-state index is 12.9. The van der Waals surface area contributed by atoms with Gasteiger partial charge in [0, 0.05) is 22.4 Å². The number of carbonyl (C=O) groups is 1. The first-order valence-corrected chi connectivity index (χ1v) is 9.18. The Morgan fingerprint density at radius 1 is 1.07 bits per heavy atom. The Bertz CT molecular complexity index is 1020. The number of amides is 1. The summed E-state index contributed by atoms with van der Waals surface area (Å²) in [6, 6.07) is 11.6. The molecule has 3 aromatic rings. The lowest BCUT2D eigenvalue weighted by Gasteiger charge is -2.20. The quantitative estimate of drug-likeness (QED) is 0.616. The van der Waals surface area contributed by atoms with Crippen LogP contribution < -0.4 is 10.6 Å². The number of alkyl halides is 3. The lowest BCUT2D eigenvalue weighted by molar-refractivity contribution is -0.137. The molecule has 0 aliphatic heterocycles. The van der Waals surface area contributed by atoms with Gasteiger partial charge in [0.2, 0.25) is 11.7 Å². The van der Waals surface area contributed by atoms with E-state index >= 15 is 0 Å². The summed E-state index contributed by atoms with van der Waals surface area (Å²) in [6.45, 7) is 5.88. The van der Waals surface area contributed by atoms with Crippen LogP contribution in [0.1, 0.15) is 42.6 Å². The zero-order chi connectivity index (χ0) is 21.9. The molecule has 0 saturated heterocycles. The molecule has 0 atom stereocenters.